The molecule has 0 saturated heterocycles. The largest absolute Gasteiger partial charge is 0.398 e. The Bertz CT molecular complexity index is 740. The first-order chi connectivity index (χ1) is 9.29. The van der Waals surface area contributed by atoms with Crippen molar-refractivity contribution in [3.05, 3.63) is 40.7 Å². The van der Waals surface area contributed by atoms with E-state index in [0.29, 0.717) is 16.9 Å². The number of benzene rings is 1. The summed E-state index contributed by atoms with van der Waals surface area (Å²) in [5.74, 6) is 0. The SMILES string of the molecule is Cc1c(N)cc(Cl)cc1S(=O)(=O)NCc1ccn(C)n1. The van der Waals surface area contributed by atoms with Gasteiger partial charge in [0.15, 0.2) is 0 Å². The zero-order chi connectivity index (χ0) is 14.9. The molecule has 0 bridgehead atoms. The molecule has 3 N–H and O–H groups in total. The quantitative estimate of drug-likeness (QED) is 0.836. The van der Waals surface area contributed by atoms with Gasteiger partial charge in [0.2, 0.25) is 10.0 Å². The molecule has 6 nitrogen and oxygen atoms in total. The molecule has 108 valence electrons. The van der Waals surface area contributed by atoms with E-state index in [2.05, 4.69) is 9.82 Å². The van der Waals surface area contributed by atoms with E-state index in [1.54, 1.807) is 30.9 Å². The van der Waals surface area contributed by atoms with Gasteiger partial charge in [0.25, 0.3) is 0 Å². The maximum Gasteiger partial charge on any atom is 0.241 e. The maximum atomic E-state index is 12.3. The van der Waals surface area contributed by atoms with Crippen molar-refractivity contribution in [2.75, 3.05) is 5.73 Å². The molecule has 2 rings (SSSR count). The smallest absolute Gasteiger partial charge is 0.241 e. The Labute approximate surface area is 122 Å². The van der Waals surface area contributed by atoms with Crippen LogP contribution < -0.4 is 10.5 Å². The molecular formula is C12H15ClN4O2S. The summed E-state index contributed by atoms with van der Waals surface area (Å²) in [7, 11) is -1.92. The third-order valence-corrected chi connectivity index (χ3v) is 4.61. The van der Waals surface area contributed by atoms with Gasteiger partial charge >= 0.3 is 0 Å². The first-order valence-electron chi connectivity index (χ1n) is 5.83. The van der Waals surface area contributed by atoms with Crippen LogP contribution in [0.5, 0.6) is 0 Å². The number of hydrogen-bond acceptors (Lipinski definition) is 4. The fourth-order valence-corrected chi connectivity index (χ4v) is 3.35. The Kier molecular flexibility index (Phi) is 4.03. The average molecular weight is 315 g/mol. The van der Waals surface area contributed by atoms with Gasteiger partial charge in [-0.05, 0) is 30.7 Å². The molecule has 2 aromatic rings. The van der Waals surface area contributed by atoms with Crippen molar-refractivity contribution < 1.29 is 8.42 Å². The van der Waals surface area contributed by atoms with Crippen LogP contribution >= 0.6 is 11.6 Å². The number of rotatable bonds is 4. The van der Waals surface area contributed by atoms with Crippen molar-refractivity contribution in [2.45, 2.75) is 18.4 Å². The molecule has 20 heavy (non-hydrogen) atoms. The Balaban J connectivity index is 2.27. The second-order valence-electron chi connectivity index (χ2n) is 4.42. The van der Waals surface area contributed by atoms with Gasteiger partial charge in [-0.15, -0.1) is 0 Å². The third kappa shape index (κ3) is 3.12. The van der Waals surface area contributed by atoms with Gasteiger partial charge in [-0.1, -0.05) is 11.6 Å². The first-order valence-corrected chi connectivity index (χ1v) is 7.69. The van der Waals surface area contributed by atoms with Crippen molar-refractivity contribution in [2.24, 2.45) is 7.05 Å². The molecular weight excluding hydrogens is 300 g/mol. The number of halogens is 1. The van der Waals surface area contributed by atoms with Crippen LogP contribution in [-0.2, 0) is 23.6 Å². The molecule has 0 aliphatic rings. The molecule has 1 aromatic heterocycles. The van der Waals surface area contributed by atoms with Crippen molar-refractivity contribution in [1.82, 2.24) is 14.5 Å². The molecule has 0 aliphatic heterocycles. The lowest BCUT2D eigenvalue weighted by Crippen LogP contribution is -2.24. The zero-order valence-corrected chi connectivity index (χ0v) is 12.7. The minimum Gasteiger partial charge on any atom is -0.398 e. The highest BCUT2D eigenvalue weighted by Gasteiger charge is 2.19. The van der Waals surface area contributed by atoms with Crippen LogP contribution in [0.4, 0.5) is 5.69 Å². The number of nitrogen functional groups attached to an aromatic ring is 1. The second kappa shape index (κ2) is 5.43. The average Bonchev–Trinajstić information content (AvgIpc) is 2.77. The zero-order valence-electron chi connectivity index (χ0n) is 11.1. The number of anilines is 1. The van der Waals surface area contributed by atoms with Gasteiger partial charge in [-0.2, -0.15) is 5.10 Å². The summed E-state index contributed by atoms with van der Waals surface area (Å²) in [5, 5.41) is 4.39. The standard InChI is InChI=1S/C12H15ClN4O2S/c1-8-11(14)5-9(13)6-12(8)20(18,19)15-7-10-3-4-17(2)16-10/h3-6,15H,7,14H2,1-2H3. The van der Waals surface area contributed by atoms with E-state index in [4.69, 9.17) is 17.3 Å². The van der Waals surface area contributed by atoms with E-state index in [1.807, 2.05) is 0 Å². The van der Waals surface area contributed by atoms with Crippen molar-refractivity contribution >= 4 is 27.3 Å². The number of nitrogens with zero attached hydrogens (tertiary/aromatic N) is 2. The monoisotopic (exact) mass is 314 g/mol. The van der Waals surface area contributed by atoms with Crippen molar-refractivity contribution in [3.8, 4) is 0 Å². The van der Waals surface area contributed by atoms with Crippen LogP contribution in [0.3, 0.4) is 0 Å². The van der Waals surface area contributed by atoms with E-state index in [-0.39, 0.29) is 16.5 Å². The highest BCUT2D eigenvalue weighted by molar-refractivity contribution is 7.89. The second-order valence-corrected chi connectivity index (χ2v) is 6.60. The Morgan fingerprint density at radius 2 is 2.15 bits per heavy atom. The number of sulfonamides is 1. The Morgan fingerprint density at radius 3 is 2.75 bits per heavy atom. The molecule has 0 saturated carbocycles. The number of aryl methyl sites for hydroxylation is 1. The molecule has 0 fully saturated rings. The van der Waals surface area contributed by atoms with Crippen LogP contribution in [0.2, 0.25) is 5.02 Å². The maximum absolute atomic E-state index is 12.3. The predicted octanol–water partition coefficient (Wildman–Crippen LogP) is 1.44. The Morgan fingerprint density at radius 1 is 1.45 bits per heavy atom. The lowest BCUT2D eigenvalue weighted by Gasteiger charge is -2.11. The van der Waals surface area contributed by atoms with Crippen LogP contribution in [0.25, 0.3) is 0 Å². The van der Waals surface area contributed by atoms with Crippen molar-refractivity contribution in [1.29, 1.82) is 0 Å². The van der Waals surface area contributed by atoms with Crippen LogP contribution in [0.15, 0.2) is 29.3 Å². The van der Waals surface area contributed by atoms with E-state index >= 15 is 0 Å². The van der Waals surface area contributed by atoms with Gasteiger partial charge < -0.3 is 5.73 Å². The van der Waals surface area contributed by atoms with Crippen molar-refractivity contribution in [3.63, 3.8) is 0 Å². The van der Waals surface area contributed by atoms with E-state index in [1.165, 1.54) is 12.1 Å². The first kappa shape index (κ1) is 14.8. The Hall–Kier alpha value is -1.57. The molecule has 0 unspecified atom stereocenters. The van der Waals surface area contributed by atoms with Crippen LogP contribution in [0.1, 0.15) is 11.3 Å². The summed E-state index contributed by atoms with van der Waals surface area (Å²) in [6, 6.07) is 4.64. The van der Waals surface area contributed by atoms with E-state index in [9.17, 15) is 8.42 Å². The number of nitrogens with one attached hydrogen (secondary N) is 1. The molecule has 0 radical (unpaired) electrons. The summed E-state index contributed by atoms with van der Waals surface area (Å²) in [5.41, 5.74) is 7.18. The fraction of sp³-hybridized carbons (Fsp3) is 0.250. The predicted molar refractivity (Wildman–Crippen MR) is 77.8 cm³/mol. The van der Waals surface area contributed by atoms with Gasteiger partial charge in [0.1, 0.15) is 0 Å². The molecule has 0 aliphatic carbocycles. The van der Waals surface area contributed by atoms with Crippen LogP contribution in [-0.4, -0.2) is 18.2 Å². The number of hydrogen-bond donors (Lipinski definition) is 2. The molecule has 0 amide bonds. The lowest BCUT2D eigenvalue weighted by atomic mass is 10.2. The molecule has 1 aromatic carbocycles. The fourth-order valence-electron chi connectivity index (χ4n) is 1.76. The highest BCUT2D eigenvalue weighted by atomic mass is 35.5. The topological polar surface area (TPSA) is 90.0 Å². The normalized spacial score (nSPS) is 11.8. The summed E-state index contributed by atoms with van der Waals surface area (Å²) in [6.07, 6.45) is 1.74. The highest BCUT2D eigenvalue weighted by Crippen LogP contribution is 2.25. The molecule has 0 spiro atoms. The lowest BCUT2D eigenvalue weighted by molar-refractivity contribution is 0.579. The summed E-state index contributed by atoms with van der Waals surface area (Å²) in [6.45, 7) is 1.75. The summed E-state index contributed by atoms with van der Waals surface area (Å²) < 4.78 is 28.6. The third-order valence-electron chi connectivity index (χ3n) is 2.87. The van der Waals surface area contributed by atoms with E-state index in [0.717, 1.165) is 0 Å². The summed E-state index contributed by atoms with van der Waals surface area (Å²) >= 11 is 5.86. The number of aromatic nitrogens is 2. The van der Waals surface area contributed by atoms with E-state index < -0.39 is 10.0 Å². The van der Waals surface area contributed by atoms with Crippen LogP contribution in [0, 0.1) is 6.92 Å². The van der Waals surface area contributed by atoms with Gasteiger partial charge in [-0.25, -0.2) is 13.1 Å². The minimum absolute atomic E-state index is 0.0819. The minimum atomic E-state index is -3.69. The molecule has 8 heteroatoms. The number of nitrogens with two attached hydrogens (primary N) is 1. The van der Waals surface area contributed by atoms with Gasteiger partial charge in [0, 0.05) is 24.0 Å². The summed E-state index contributed by atoms with van der Waals surface area (Å²) in [4.78, 5) is 0.0819. The van der Waals surface area contributed by atoms with Gasteiger partial charge in [-0.3, -0.25) is 4.68 Å². The van der Waals surface area contributed by atoms with Gasteiger partial charge in [0.05, 0.1) is 17.1 Å². The molecule has 1 heterocycles. The molecule has 0 atom stereocenters.